The van der Waals surface area contributed by atoms with Crippen LogP contribution in [0.5, 0.6) is 0 Å². The largest absolute Gasteiger partial charge is 0.310 e. The van der Waals surface area contributed by atoms with Gasteiger partial charge in [0, 0.05) is 16.8 Å². The van der Waals surface area contributed by atoms with Crippen LogP contribution >= 0.6 is 0 Å². The molecule has 0 aliphatic carbocycles. The Bertz CT molecular complexity index is 2560. The second-order valence-electron chi connectivity index (χ2n) is 12.2. The van der Waals surface area contributed by atoms with Crippen molar-refractivity contribution >= 4 is 60.2 Å². The van der Waals surface area contributed by atoms with Crippen LogP contribution in [0.15, 0.2) is 188 Å². The van der Waals surface area contributed by atoms with E-state index in [9.17, 15) is 0 Å². The molecular weight excluding hydrogens is 567 g/mol. The molecule has 0 saturated carbocycles. The molecule has 1 nitrogen and oxygen atoms in total. The molecule has 0 fully saturated rings. The van der Waals surface area contributed by atoms with E-state index >= 15 is 0 Å². The zero-order chi connectivity index (χ0) is 31.2. The average molecular weight is 598 g/mol. The lowest BCUT2D eigenvalue weighted by atomic mass is 9.93. The first-order valence-corrected chi connectivity index (χ1v) is 16.2. The van der Waals surface area contributed by atoms with Crippen LogP contribution in [0.4, 0.5) is 17.1 Å². The minimum absolute atomic E-state index is 1.12. The maximum Gasteiger partial charge on any atom is 0.0546 e. The standard InChI is InChI=1S/C46H31N/c1-2-13-32(14-3-1)33-25-27-37(28-26-33)47(46-31-36-16-5-7-20-40(36)42-22-10-11-24-44(42)46)38-18-12-17-34(29-38)45-30-35-15-4-6-19-39(35)41-21-8-9-23-43(41)45/h1-31H. The fraction of sp³-hybridized carbons (Fsp3) is 0. The first-order valence-electron chi connectivity index (χ1n) is 16.2. The minimum atomic E-state index is 1.12. The van der Waals surface area contributed by atoms with Gasteiger partial charge in [-0.2, -0.15) is 0 Å². The molecule has 0 heterocycles. The predicted molar refractivity (Wildman–Crippen MR) is 202 cm³/mol. The van der Waals surface area contributed by atoms with Gasteiger partial charge in [0.2, 0.25) is 0 Å². The molecule has 9 aromatic rings. The van der Waals surface area contributed by atoms with Gasteiger partial charge in [0.25, 0.3) is 0 Å². The second-order valence-corrected chi connectivity index (χ2v) is 12.2. The highest BCUT2D eigenvalue weighted by molar-refractivity contribution is 6.16. The van der Waals surface area contributed by atoms with Gasteiger partial charge < -0.3 is 4.90 Å². The summed E-state index contributed by atoms with van der Waals surface area (Å²) in [5.41, 5.74) is 8.25. The molecule has 0 amide bonds. The number of hydrogen-bond donors (Lipinski definition) is 0. The van der Waals surface area contributed by atoms with Crippen LogP contribution in [0.3, 0.4) is 0 Å². The van der Waals surface area contributed by atoms with E-state index in [1.807, 2.05) is 0 Å². The van der Waals surface area contributed by atoms with Crippen molar-refractivity contribution in [2.45, 2.75) is 0 Å². The van der Waals surface area contributed by atoms with Crippen LogP contribution in [-0.4, -0.2) is 0 Å². The molecule has 0 atom stereocenters. The zero-order valence-corrected chi connectivity index (χ0v) is 25.8. The van der Waals surface area contributed by atoms with Gasteiger partial charge in [0.05, 0.1) is 5.69 Å². The lowest BCUT2D eigenvalue weighted by Crippen LogP contribution is -2.11. The average Bonchev–Trinajstić information content (AvgIpc) is 3.15. The summed E-state index contributed by atoms with van der Waals surface area (Å²) in [7, 11) is 0. The fourth-order valence-corrected chi connectivity index (χ4v) is 7.19. The lowest BCUT2D eigenvalue weighted by molar-refractivity contribution is 1.30. The van der Waals surface area contributed by atoms with Crippen molar-refractivity contribution in [1.29, 1.82) is 0 Å². The number of rotatable bonds is 5. The first kappa shape index (κ1) is 27.2. The van der Waals surface area contributed by atoms with Crippen LogP contribution in [0, 0.1) is 0 Å². The Morgan fingerprint density at radius 3 is 1.49 bits per heavy atom. The van der Waals surface area contributed by atoms with E-state index in [0.29, 0.717) is 0 Å². The van der Waals surface area contributed by atoms with E-state index in [0.717, 1.165) is 17.1 Å². The zero-order valence-electron chi connectivity index (χ0n) is 25.8. The van der Waals surface area contributed by atoms with E-state index in [2.05, 4.69) is 193 Å². The van der Waals surface area contributed by atoms with Gasteiger partial charge in [0.1, 0.15) is 0 Å². The molecule has 9 rings (SSSR count). The van der Waals surface area contributed by atoms with Gasteiger partial charge >= 0.3 is 0 Å². The molecule has 0 N–H and O–H groups in total. The van der Waals surface area contributed by atoms with E-state index in [-0.39, 0.29) is 0 Å². The van der Waals surface area contributed by atoms with Crippen LogP contribution in [-0.2, 0) is 0 Å². The molecule has 9 aromatic carbocycles. The minimum Gasteiger partial charge on any atom is -0.310 e. The Morgan fingerprint density at radius 2 is 0.787 bits per heavy atom. The number of nitrogens with zero attached hydrogens (tertiary/aromatic N) is 1. The second kappa shape index (κ2) is 11.3. The SMILES string of the molecule is c1ccc(-c2ccc(N(c3cccc(-c4cc5ccccc5c5ccccc45)c3)c3cc4ccccc4c4ccccc34)cc2)cc1. The highest BCUT2D eigenvalue weighted by Crippen LogP contribution is 2.44. The molecule has 220 valence electrons. The summed E-state index contributed by atoms with van der Waals surface area (Å²) in [5.74, 6) is 0. The summed E-state index contributed by atoms with van der Waals surface area (Å²) in [6, 6.07) is 68.3. The van der Waals surface area contributed by atoms with Gasteiger partial charge in [-0.05, 0) is 96.4 Å². The Hall–Kier alpha value is -6.18. The number of anilines is 3. The van der Waals surface area contributed by atoms with Crippen molar-refractivity contribution in [1.82, 2.24) is 0 Å². The molecule has 0 aliphatic rings. The molecule has 0 aromatic heterocycles. The molecule has 0 aliphatic heterocycles. The van der Waals surface area contributed by atoms with Crippen molar-refractivity contribution in [3.05, 3.63) is 188 Å². The Balaban J connectivity index is 1.28. The van der Waals surface area contributed by atoms with E-state index in [1.54, 1.807) is 0 Å². The summed E-state index contributed by atoms with van der Waals surface area (Å²) in [6.45, 7) is 0. The topological polar surface area (TPSA) is 3.24 Å². The van der Waals surface area contributed by atoms with Crippen molar-refractivity contribution in [2.75, 3.05) is 4.90 Å². The Morgan fingerprint density at radius 1 is 0.277 bits per heavy atom. The highest BCUT2D eigenvalue weighted by atomic mass is 15.1. The van der Waals surface area contributed by atoms with Gasteiger partial charge in [-0.15, -0.1) is 0 Å². The maximum atomic E-state index is 2.43. The van der Waals surface area contributed by atoms with Gasteiger partial charge in [-0.3, -0.25) is 0 Å². The highest BCUT2D eigenvalue weighted by Gasteiger charge is 2.19. The van der Waals surface area contributed by atoms with Crippen molar-refractivity contribution in [3.8, 4) is 22.3 Å². The third-order valence-corrected chi connectivity index (χ3v) is 9.40. The van der Waals surface area contributed by atoms with Crippen molar-refractivity contribution in [2.24, 2.45) is 0 Å². The van der Waals surface area contributed by atoms with Gasteiger partial charge in [-0.1, -0.05) is 152 Å². The quantitative estimate of drug-likeness (QED) is 0.178. The molecule has 47 heavy (non-hydrogen) atoms. The van der Waals surface area contributed by atoms with Gasteiger partial charge in [0.15, 0.2) is 0 Å². The number of hydrogen-bond acceptors (Lipinski definition) is 1. The third kappa shape index (κ3) is 4.72. The Kier molecular flexibility index (Phi) is 6.54. The van der Waals surface area contributed by atoms with Gasteiger partial charge in [-0.25, -0.2) is 0 Å². The van der Waals surface area contributed by atoms with Crippen molar-refractivity contribution < 1.29 is 0 Å². The monoisotopic (exact) mass is 597 g/mol. The van der Waals surface area contributed by atoms with Crippen molar-refractivity contribution in [3.63, 3.8) is 0 Å². The molecule has 1 heteroatoms. The van der Waals surface area contributed by atoms with E-state index < -0.39 is 0 Å². The van der Waals surface area contributed by atoms with E-state index in [4.69, 9.17) is 0 Å². The molecule has 0 saturated heterocycles. The first-order chi connectivity index (χ1) is 23.3. The van der Waals surface area contributed by atoms with Crippen LogP contribution < -0.4 is 4.90 Å². The third-order valence-electron chi connectivity index (χ3n) is 9.40. The molecular formula is C46H31N. The fourth-order valence-electron chi connectivity index (χ4n) is 7.19. The predicted octanol–water partition coefficient (Wildman–Crippen LogP) is 13.1. The van der Waals surface area contributed by atoms with Crippen LogP contribution in [0.25, 0.3) is 65.3 Å². The van der Waals surface area contributed by atoms with E-state index in [1.165, 1.54) is 65.3 Å². The molecule has 0 spiro atoms. The van der Waals surface area contributed by atoms with Crippen LogP contribution in [0.1, 0.15) is 0 Å². The number of fused-ring (bicyclic) bond motifs is 6. The smallest absolute Gasteiger partial charge is 0.0546 e. The Labute approximate surface area is 274 Å². The normalized spacial score (nSPS) is 11.4. The molecule has 0 radical (unpaired) electrons. The summed E-state index contributed by atoms with van der Waals surface area (Å²) >= 11 is 0. The maximum absolute atomic E-state index is 2.43. The summed E-state index contributed by atoms with van der Waals surface area (Å²) < 4.78 is 0. The van der Waals surface area contributed by atoms with Crippen LogP contribution in [0.2, 0.25) is 0 Å². The summed E-state index contributed by atoms with van der Waals surface area (Å²) in [5, 5.41) is 10.0. The number of benzene rings is 9. The molecule has 0 bridgehead atoms. The molecule has 0 unspecified atom stereocenters. The summed E-state index contributed by atoms with van der Waals surface area (Å²) in [4.78, 5) is 2.43. The summed E-state index contributed by atoms with van der Waals surface area (Å²) in [6.07, 6.45) is 0. The lowest BCUT2D eigenvalue weighted by Gasteiger charge is -2.28.